The lowest BCUT2D eigenvalue weighted by atomic mass is 9.47. The molecule has 1 aliphatic heterocycles. The van der Waals surface area contributed by atoms with Gasteiger partial charge in [0.2, 0.25) is 5.91 Å². The summed E-state index contributed by atoms with van der Waals surface area (Å²) in [7, 11) is 0. The van der Waals surface area contributed by atoms with Gasteiger partial charge in [-0.1, -0.05) is 26.0 Å². The highest BCUT2D eigenvalue weighted by Gasteiger charge is 2.64. The first-order valence-electron chi connectivity index (χ1n) is 11.3. The number of rotatable bonds is 2. The van der Waals surface area contributed by atoms with Crippen LogP contribution in [-0.4, -0.2) is 28.4 Å². The molecule has 3 saturated carbocycles. The third-order valence-electron chi connectivity index (χ3n) is 9.06. The molecule has 3 aliphatic carbocycles. The number of ketones is 2. The molecule has 1 saturated heterocycles. The van der Waals surface area contributed by atoms with Gasteiger partial charge in [0.15, 0.2) is 0 Å². The second-order valence-electron chi connectivity index (χ2n) is 10.5. The summed E-state index contributed by atoms with van der Waals surface area (Å²) in [5, 5.41) is 0. The molecular formula is C25H30FNO3. The van der Waals surface area contributed by atoms with E-state index in [0.717, 1.165) is 31.2 Å². The van der Waals surface area contributed by atoms with Crippen LogP contribution in [0.3, 0.4) is 0 Å². The van der Waals surface area contributed by atoms with Gasteiger partial charge >= 0.3 is 0 Å². The zero-order valence-electron chi connectivity index (χ0n) is 17.8. The Morgan fingerprint density at radius 2 is 1.77 bits per heavy atom. The van der Waals surface area contributed by atoms with Crippen LogP contribution in [0.2, 0.25) is 0 Å². The molecule has 4 aliphatic rings. The lowest BCUT2D eigenvalue weighted by molar-refractivity contribution is -0.171. The zero-order chi connectivity index (χ0) is 21.3. The van der Waals surface area contributed by atoms with Gasteiger partial charge in [-0.15, -0.1) is 0 Å². The Morgan fingerprint density at radius 1 is 1.03 bits per heavy atom. The predicted octanol–water partition coefficient (Wildman–Crippen LogP) is 4.31. The first-order chi connectivity index (χ1) is 14.2. The fraction of sp³-hybridized carbons (Fsp3) is 0.640. The van der Waals surface area contributed by atoms with E-state index in [1.54, 1.807) is 12.1 Å². The molecule has 5 rings (SSSR count). The van der Waals surface area contributed by atoms with E-state index in [0.29, 0.717) is 31.7 Å². The fourth-order valence-electron chi connectivity index (χ4n) is 7.58. The molecule has 0 spiro atoms. The summed E-state index contributed by atoms with van der Waals surface area (Å²) < 4.78 is 13.3. The van der Waals surface area contributed by atoms with Crippen LogP contribution in [0.15, 0.2) is 24.3 Å². The van der Waals surface area contributed by atoms with Crippen molar-refractivity contribution in [3.8, 4) is 0 Å². The van der Waals surface area contributed by atoms with Gasteiger partial charge in [-0.3, -0.25) is 14.4 Å². The van der Waals surface area contributed by atoms with Crippen molar-refractivity contribution in [1.29, 1.82) is 0 Å². The van der Waals surface area contributed by atoms with E-state index in [4.69, 9.17) is 0 Å². The molecule has 1 amide bonds. The van der Waals surface area contributed by atoms with Crippen LogP contribution in [0.4, 0.5) is 4.39 Å². The molecule has 1 aromatic rings. The highest BCUT2D eigenvalue weighted by Crippen LogP contribution is 2.62. The number of nitrogens with zero attached hydrogens (tertiary/aromatic N) is 1. The molecule has 0 aromatic heterocycles. The highest BCUT2D eigenvalue weighted by atomic mass is 19.1. The number of Topliss-reactive ketones (excluding diaryl/α,β-unsaturated/α-hetero) is 2. The first-order valence-corrected chi connectivity index (χ1v) is 11.3. The largest absolute Gasteiger partial charge is 0.335 e. The molecule has 6 atom stereocenters. The van der Waals surface area contributed by atoms with Gasteiger partial charge in [0.1, 0.15) is 17.4 Å². The number of fused-ring (bicyclic) bond motifs is 5. The molecule has 30 heavy (non-hydrogen) atoms. The molecule has 2 unspecified atom stereocenters. The maximum Gasteiger partial charge on any atom is 0.223 e. The molecule has 5 heteroatoms. The number of likely N-dealkylation sites (tertiary alicyclic amines) is 1. The summed E-state index contributed by atoms with van der Waals surface area (Å²) in [5.74, 6) is 0.837. The number of piperidine rings is 1. The molecular weight excluding hydrogens is 381 g/mol. The van der Waals surface area contributed by atoms with Crippen molar-refractivity contribution < 1.29 is 18.8 Å². The Hall–Kier alpha value is -2.04. The monoisotopic (exact) mass is 411 g/mol. The number of carbonyl (C=O) groups is 3. The van der Waals surface area contributed by atoms with Crippen molar-refractivity contribution >= 4 is 17.5 Å². The van der Waals surface area contributed by atoms with E-state index in [1.165, 1.54) is 12.1 Å². The van der Waals surface area contributed by atoms with Crippen molar-refractivity contribution in [2.24, 2.45) is 28.6 Å². The van der Waals surface area contributed by atoms with Crippen molar-refractivity contribution in [3.05, 3.63) is 35.6 Å². The van der Waals surface area contributed by atoms with Crippen molar-refractivity contribution in [3.63, 3.8) is 0 Å². The van der Waals surface area contributed by atoms with E-state index in [9.17, 15) is 18.8 Å². The number of hydrogen-bond acceptors (Lipinski definition) is 3. The lowest BCUT2D eigenvalue weighted by Crippen LogP contribution is -2.64. The summed E-state index contributed by atoms with van der Waals surface area (Å²) in [6.45, 7) is 4.68. The smallest absolute Gasteiger partial charge is 0.223 e. The SMILES string of the molecule is CC12CCC(=O)N(Cc3ccc(F)cc3)C1CC[C@@H]1[C@@H]2C(=O)C[C@]2(C)C(=O)CC[C@@H]12. The summed E-state index contributed by atoms with van der Waals surface area (Å²) in [4.78, 5) is 40.9. The van der Waals surface area contributed by atoms with Crippen LogP contribution in [0, 0.1) is 34.4 Å². The van der Waals surface area contributed by atoms with Crippen LogP contribution >= 0.6 is 0 Å². The van der Waals surface area contributed by atoms with E-state index in [1.807, 2.05) is 11.8 Å². The normalized spacial score (nSPS) is 40.8. The van der Waals surface area contributed by atoms with Crippen LogP contribution in [0.1, 0.15) is 64.4 Å². The summed E-state index contributed by atoms with van der Waals surface area (Å²) >= 11 is 0. The standard InChI is InChI=1S/C25H30FNO3/c1-24-12-11-22(30)27(14-15-3-5-16(26)6-4-15)20(24)9-7-17-18-8-10-21(29)25(18,2)13-19(28)23(17)24/h3-6,17-18,20,23H,7-14H2,1-2H3/t17-,18-,20?,23+,24?,25-/m0/s1. The topological polar surface area (TPSA) is 54.5 Å². The summed E-state index contributed by atoms with van der Waals surface area (Å²) in [6, 6.07) is 6.36. The highest BCUT2D eigenvalue weighted by molar-refractivity contribution is 5.95. The molecule has 4 nitrogen and oxygen atoms in total. The van der Waals surface area contributed by atoms with Crippen LogP contribution < -0.4 is 0 Å². The van der Waals surface area contributed by atoms with Crippen LogP contribution in [0.25, 0.3) is 0 Å². The summed E-state index contributed by atoms with van der Waals surface area (Å²) in [5.41, 5.74) is 0.195. The average Bonchev–Trinajstić information content (AvgIpc) is 3.00. The number of halogens is 1. The third kappa shape index (κ3) is 2.73. The average molecular weight is 412 g/mol. The lowest BCUT2D eigenvalue weighted by Gasteiger charge is -2.60. The number of hydrogen-bond donors (Lipinski definition) is 0. The Kier molecular flexibility index (Phi) is 4.46. The minimum Gasteiger partial charge on any atom is -0.335 e. The van der Waals surface area contributed by atoms with Gasteiger partial charge in [-0.2, -0.15) is 0 Å². The van der Waals surface area contributed by atoms with E-state index in [-0.39, 0.29) is 46.6 Å². The van der Waals surface area contributed by atoms with Crippen LogP contribution in [0.5, 0.6) is 0 Å². The molecule has 0 radical (unpaired) electrons. The van der Waals surface area contributed by atoms with E-state index >= 15 is 0 Å². The minimum atomic E-state index is -0.472. The Balaban J connectivity index is 1.47. The van der Waals surface area contributed by atoms with Gasteiger partial charge in [-0.25, -0.2) is 4.39 Å². The van der Waals surface area contributed by atoms with E-state index < -0.39 is 5.41 Å². The number of benzene rings is 1. The molecule has 0 N–H and O–H groups in total. The minimum absolute atomic E-state index is 0.0236. The van der Waals surface area contributed by atoms with Gasteiger partial charge in [0.05, 0.1) is 0 Å². The van der Waals surface area contributed by atoms with Gasteiger partial charge in [0.25, 0.3) is 0 Å². The molecule has 160 valence electrons. The molecule has 1 aromatic carbocycles. The number of amides is 1. The van der Waals surface area contributed by atoms with E-state index in [2.05, 4.69) is 6.92 Å². The zero-order valence-corrected chi connectivity index (χ0v) is 17.8. The maximum absolute atomic E-state index is 13.5. The van der Waals surface area contributed by atoms with Gasteiger partial charge in [-0.05, 0) is 60.6 Å². The Labute approximate surface area is 177 Å². The van der Waals surface area contributed by atoms with Crippen molar-refractivity contribution in [2.75, 3.05) is 0 Å². The van der Waals surface area contributed by atoms with Crippen molar-refractivity contribution in [2.45, 2.75) is 71.4 Å². The third-order valence-corrected chi connectivity index (χ3v) is 9.06. The Bertz CT molecular complexity index is 911. The quantitative estimate of drug-likeness (QED) is 0.729. The fourth-order valence-corrected chi connectivity index (χ4v) is 7.58. The maximum atomic E-state index is 13.5. The second kappa shape index (κ2) is 6.73. The van der Waals surface area contributed by atoms with Gasteiger partial charge in [0, 0.05) is 43.2 Å². The second-order valence-corrected chi connectivity index (χ2v) is 10.5. The van der Waals surface area contributed by atoms with Crippen molar-refractivity contribution in [1.82, 2.24) is 4.90 Å². The molecule has 1 heterocycles. The van der Waals surface area contributed by atoms with Crippen LogP contribution in [-0.2, 0) is 20.9 Å². The molecule has 0 bridgehead atoms. The Morgan fingerprint density at radius 3 is 2.50 bits per heavy atom. The number of carbonyl (C=O) groups excluding carboxylic acids is 3. The summed E-state index contributed by atoms with van der Waals surface area (Å²) in [6.07, 6.45) is 4.84. The molecule has 4 fully saturated rings. The predicted molar refractivity (Wildman–Crippen MR) is 110 cm³/mol. The van der Waals surface area contributed by atoms with Gasteiger partial charge < -0.3 is 4.90 Å². The first kappa shape index (κ1) is 19.9.